The van der Waals surface area contributed by atoms with Crippen LogP contribution in [0.15, 0.2) is 6.07 Å². The normalized spacial score (nSPS) is 30.9. The van der Waals surface area contributed by atoms with Gasteiger partial charge in [-0.1, -0.05) is 11.6 Å². The van der Waals surface area contributed by atoms with E-state index in [0.29, 0.717) is 29.9 Å². The largest absolute Gasteiger partial charge is 0.461 e. The third-order valence-electron chi connectivity index (χ3n) is 5.83. The van der Waals surface area contributed by atoms with Crippen molar-refractivity contribution in [1.29, 1.82) is 0 Å². The molecule has 29 heavy (non-hydrogen) atoms. The van der Waals surface area contributed by atoms with E-state index in [4.69, 9.17) is 35.7 Å². The Bertz CT molecular complexity index is 655. The van der Waals surface area contributed by atoms with Crippen LogP contribution in [-0.4, -0.2) is 79.0 Å². The number of rotatable bonds is 5. The lowest BCUT2D eigenvalue weighted by Crippen LogP contribution is -2.32. The van der Waals surface area contributed by atoms with E-state index in [1.807, 2.05) is 0 Å². The highest BCUT2D eigenvalue weighted by Crippen LogP contribution is 2.33. The highest BCUT2D eigenvalue weighted by atomic mass is 35.5. The van der Waals surface area contributed by atoms with Crippen LogP contribution in [-0.2, 0) is 14.2 Å². The second-order valence-electron chi connectivity index (χ2n) is 7.84. The number of hydrogen-bond acceptors (Lipinski definition) is 8. The summed E-state index contributed by atoms with van der Waals surface area (Å²) in [5.74, 6) is 0.834. The lowest BCUT2D eigenvalue weighted by Gasteiger charge is -2.24. The minimum atomic E-state index is 0.144. The summed E-state index contributed by atoms with van der Waals surface area (Å²) in [6.07, 6.45) is 6.97. The fraction of sp³-hybridized carbons (Fsp3) is 0.800. The first-order valence-electron chi connectivity index (χ1n) is 10.6. The fourth-order valence-corrected chi connectivity index (χ4v) is 4.48. The maximum absolute atomic E-state index is 8.44. The first kappa shape index (κ1) is 21.1. The summed E-state index contributed by atoms with van der Waals surface area (Å²) >= 11 is 6.15. The molecule has 4 aliphatic heterocycles. The summed E-state index contributed by atoms with van der Waals surface area (Å²) in [5.41, 5.74) is 0. The molecule has 9 heteroatoms. The number of fused-ring (bicyclic) bond motifs is 1. The molecule has 1 N–H and O–H groups in total. The molecule has 162 valence electrons. The molecule has 5 heterocycles. The zero-order chi connectivity index (χ0) is 20.1. The van der Waals surface area contributed by atoms with Crippen LogP contribution < -0.4 is 9.64 Å². The van der Waals surface area contributed by atoms with E-state index in [1.165, 1.54) is 0 Å². The van der Waals surface area contributed by atoms with Crippen molar-refractivity contribution in [3.05, 3.63) is 11.2 Å². The van der Waals surface area contributed by atoms with Crippen LogP contribution in [0.2, 0.25) is 5.15 Å². The van der Waals surface area contributed by atoms with Gasteiger partial charge in [-0.25, -0.2) is 0 Å². The molecule has 0 aromatic carbocycles. The molecule has 0 bridgehead atoms. The Morgan fingerprint density at radius 2 is 1.83 bits per heavy atom. The summed E-state index contributed by atoms with van der Waals surface area (Å²) in [4.78, 5) is 11.0. The van der Waals surface area contributed by atoms with Crippen LogP contribution >= 0.6 is 11.6 Å². The van der Waals surface area contributed by atoms with E-state index >= 15 is 0 Å². The fourth-order valence-electron chi connectivity index (χ4n) is 4.31. The molecule has 0 radical (unpaired) electrons. The molecule has 8 nitrogen and oxygen atoms in total. The van der Waals surface area contributed by atoms with Crippen molar-refractivity contribution in [2.24, 2.45) is 0 Å². The van der Waals surface area contributed by atoms with Gasteiger partial charge < -0.3 is 29.0 Å². The average Bonchev–Trinajstić information content (AvgIpc) is 3.52. The maximum Gasteiger partial charge on any atom is 0.319 e. The van der Waals surface area contributed by atoms with Crippen molar-refractivity contribution in [3.8, 4) is 6.01 Å². The molecule has 5 rings (SSSR count). The molecule has 2 unspecified atom stereocenters. The Labute approximate surface area is 176 Å². The van der Waals surface area contributed by atoms with Gasteiger partial charge in [-0.3, -0.25) is 0 Å². The molecule has 0 spiro atoms. The molecule has 4 aliphatic rings. The highest BCUT2D eigenvalue weighted by Gasteiger charge is 2.39. The standard InChI is InChI=1S/C15H20ClN3O3.C5H10O2/c16-13-8-14(19-5-3-12-11(19)4-7-21-12)18-15(17-13)22-9-10-2-1-6-20-10;6-4-5-2-1-3-7-5/h8,10-12H,1-7,9H2;5-6H,1-4H2/t10?,11-,12-;/m1./s1. The average molecular weight is 428 g/mol. The zero-order valence-electron chi connectivity index (χ0n) is 16.7. The van der Waals surface area contributed by atoms with Gasteiger partial charge >= 0.3 is 6.01 Å². The maximum atomic E-state index is 8.44. The lowest BCUT2D eigenvalue weighted by molar-refractivity contribution is 0.0591. The third kappa shape index (κ3) is 5.49. The van der Waals surface area contributed by atoms with Gasteiger partial charge in [0.2, 0.25) is 0 Å². The topological polar surface area (TPSA) is 86.2 Å². The molecule has 4 saturated heterocycles. The SMILES string of the molecule is Clc1cc(N2CC[C@H]3OCC[C@H]32)nc(OCC2CCCO2)n1.OCC1CCCO1. The van der Waals surface area contributed by atoms with Crippen molar-refractivity contribution in [1.82, 2.24) is 9.97 Å². The minimum absolute atomic E-state index is 0.144. The molecule has 0 aliphatic carbocycles. The number of aromatic nitrogens is 2. The molecule has 4 atom stereocenters. The number of halogens is 1. The van der Waals surface area contributed by atoms with E-state index in [-0.39, 0.29) is 18.8 Å². The molecule has 4 fully saturated rings. The van der Waals surface area contributed by atoms with Gasteiger partial charge in [0.05, 0.1) is 31.0 Å². The zero-order valence-corrected chi connectivity index (χ0v) is 17.4. The van der Waals surface area contributed by atoms with Crippen molar-refractivity contribution >= 4 is 17.4 Å². The monoisotopic (exact) mass is 427 g/mol. The molecular weight excluding hydrogens is 398 g/mol. The second-order valence-corrected chi connectivity index (χ2v) is 8.23. The second kappa shape index (κ2) is 10.2. The van der Waals surface area contributed by atoms with E-state index in [0.717, 1.165) is 70.7 Å². The van der Waals surface area contributed by atoms with Crippen molar-refractivity contribution in [3.63, 3.8) is 0 Å². The Balaban J connectivity index is 0.000000249. The number of aliphatic hydroxyl groups excluding tert-OH is 1. The summed E-state index contributed by atoms with van der Waals surface area (Å²) in [7, 11) is 0. The molecular formula is C20H30ClN3O5. The molecule has 1 aromatic heterocycles. The molecule has 0 saturated carbocycles. The Morgan fingerprint density at radius 1 is 1.03 bits per heavy atom. The van der Waals surface area contributed by atoms with Crippen LogP contribution in [0.1, 0.15) is 38.5 Å². The van der Waals surface area contributed by atoms with Crippen molar-refractivity contribution in [2.45, 2.75) is 62.9 Å². The van der Waals surface area contributed by atoms with Gasteiger partial charge in [0, 0.05) is 32.4 Å². The van der Waals surface area contributed by atoms with Crippen LogP contribution in [0.5, 0.6) is 6.01 Å². The van der Waals surface area contributed by atoms with Gasteiger partial charge in [0.25, 0.3) is 0 Å². The van der Waals surface area contributed by atoms with E-state index in [9.17, 15) is 0 Å². The van der Waals surface area contributed by atoms with E-state index in [1.54, 1.807) is 6.07 Å². The minimum Gasteiger partial charge on any atom is -0.461 e. The van der Waals surface area contributed by atoms with Crippen LogP contribution in [0, 0.1) is 0 Å². The number of hydrogen-bond donors (Lipinski definition) is 1. The van der Waals surface area contributed by atoms with Gasteiger partial charge in [0.15, 0.2) is 0 Å². The summed E-state index contributed by atoms with van der Waals surface area (Å²) in [5, 5.41) is 8.85. The Hall–Kier alpha value is -1.19. The first-order valence-corrected chi connectivity index (χ1v) is 11.0. The van der Waals surface area contributed by atoms with Crippen LogP contribution in [0.25, 0.3) is 0 Å². The van der Waals surface area contributed by atoms with Gasteiger partial charge in [-0.05, 0) is 38.5 Å². The van der Waals surface area contributed by atoms with E-state index < -0.39 is 0 Å². The summed E-state index contributed by atoms with van der Waals surface area (Å²) < 4.78 is 22.0. The van der Waals surface area contributed by atoms with Crippen LogP contribution in [0.4, 0.5) is 5.82 Å². The first-order chi connectivity index (χ1) is 14.2. The number of aliphatic hydroxyl groups is 1. The van der Waals surface area contributed by atoms with Crippen molar-refractivity contribution < 1.29 is 24.1 Å². The number of anilines is 1. The van der Waals surface area contributed by atoms with Gasteiger partial charge in [-0.2, -0.15) is 9.97 Å². The summed E-state index contributed by atoms with van der Waals surface area (Å²) in [6, 6.07) is 2.54. The van der Waals surface area contributed by atoms with Gasteiger partial charge in [0.1, 0.15) is 17.6 Å². The Kier molecular flexibility index (Phi) is 7.42. The lowest BCUT2D eigenvalue weighted by atomic mass is 10.1. The quantitative estimate of drug-likeness (QED) is 0.716. The smallest absolute Gasteiger partial charge is 0.319 e. The summed E-state index contributed by atoms with van der Waals surface area (Å²) in [6.45, 7) is 4.09. The number of nitrogens with zero attached hydrogens (tertiary/aromatic N) is 3. The predicted molar refractivity (Wildman–Crippen MR) is 108 cm³/mol. The van der Waals surface area contributed by atoms with Gasteiger partial charge in [-0.15, -0.1) is 0 Å². The van der Waals surface area contributed by atoms with Crippen LogP contribution in [0.3, 0.4) is 0 Å². The highest BCUT2D eigenvalue weighted by molar-refractivity contribution is 6.29. The predicted octanol–water partition coefficient (Wildman–Crippen LogP) is 2.21. The third-order valence-corrected chi connectivity index (χ3v) is 6.03. The van der Waals surface area contributed by atoms with Crippen molar-refractivity contribution in [2.75, 3.05) is 44.5 Å². The molecule has 0 amide bonds. The van der Waals surface area contributed by atoms with E-state index in [2.05, 4.69) is 14.9 Å². The molecule has 1 aromatic rings. The number of ether oxygens (including phenoxy) is 4. The Morgan fingerprint density at radius 3 is 2.52 bits per heavy atom.